The lowest BCUT2D eigenvalue weighted by atomic mass is 10.1. The van der Waals surface area contributed by atoms with Crippen LogP contribution < -0.4 is 4.31 Å². The molecule has 0 saturated carbocycles. The van der Waals surface area contributed by atoms with Crippen LogP contribution in [0.3, 0.4) is 0 Å². The highest BCUT2D eigenvalue weighted by atomic mass is 32.2. The topological polar surface area (TPSA) is 91.8 Å². The number of carbonyl (C=O) groups excluding carboxylic acids is 3. The largest absolute Gasteiger partial charge is 0.274 e. The molecule has 8 heteroatoms. The molecule has 1 heterocycles. The molecule has 0 unspecified atom stereocenters. The molecule has 0 radical (unpaired) electrons. The Kier molecular flexibility index (Phi) is 8.97. The van der Waals surface area contributed by atoms with Gasteiger partial charge in [-0.3, -0.25) is 19.3 Å². The van der Waals surface area contributed by atoms with Gasteiger partial charge in [-0.15, -0.1) is 0 Å². The van der Waals surface area contributed by atoms with E-state index in [9.17, 15) is 22.8 Å². The van der Waals surface area contributed by atoms with Crippen molar-refractivity contribution in [2.75, 3.05) is 10.8 Å². The van der Waals surface area contributed by atoms with Gasteiger partial charge in [-0.2, -0.15) is 0 Å². The molecule has 0 aromatic heterocycles. The molecule has 39 heavy (non-hydrogen) atoms. The summed E-state index contributed by atoms with van der Waals surface area (Å²) in [5, 5.41) is 0. The van der Waals surface area contributed by atoms with Gasteiger partial charge in [0.2, 0.25) is 5.91 Å². The van der Waals surface area contributed by atoms with E-state index in [1.165, 1.54) is 17.0 Å². The summed E-state index contributed by atoms with van der Waals surface area (Å²) in [6.45, 7) is 4.24. The van der Waals surface area contributed by atoms with Crippen LogP contribution in [0.5, 0.6) is 0 Å². The van der Waals surface area contributed by atoms with Crippen LogP contribution in [0.25, 0.3) is 0 Å². The van der Waals surface area contributed by atoms with Gasteiger partial charge >= 0.3 is 0 Å². The molecule has 3 amide bonds. The first kappa shape index (κ1) is 28.2. The highest BCUT2D eigenvalue weighted by molar-refractivity contribution is 7.93. The molecule has 0 spiro atoms. The van der Waals surface area contributed by atoms with Crippen LogP contribution in [0.15, 0.2) is 77.7 Å². The van der Waals surface area contributed by atoms with Crippen molar-refractivity contribution in [1.82, 2.24) is 4.90 Å². The Morgan fingerprint density at radius 3 is 2.00 bits per heavy atom. The second-order valence-electron chi connectivity index (χ2n) is 9.86. The number of nitrogens with zero attached hydrogens (tertiary/aromatic N) is 2. The summed E-state index contributed by atoms with van der Waals surface area (Å²) in [6.07, 6.45) is 4.51. The molecule has 204 valence electrons. The summed E-state index contributed by atoms with van der Waals surface area (Å²) in [5.74, 6) is -1.12. The molecule has 0 N–H and O–H groups in total. The van der Waals surface area contributed by atoms with Gasteiger partial charge in [0.25, 0.3) is 21.8 Å². The normalized spacial score (nSPS) is 13.0. The van der Waals surface area contributed by atoms with Gasteiger partial charge in [0.1, 0.15) is 0 Å². The van der Waals surface area contributed by atoms with E-state index in [-0.39, 0.29) is 29.7 Å². The van der Waals surface area contributed by atoms with Gasteiger partial charge < -0.3 is 0 Å². The number of carbonyl (C=O) groups is 3. The van der Waals surface area contributed by atoms with Crippen molar-refractivity contribution in [3.05, 3.63) is 95.1 Å². The second-order valence-corrected chi connectivity index (χ2v) is 11.7. The summed E-state index contributed by atoms with van der Waals surface area (Å²) in [5.41, 5.74) is 3.15. The first-order valence-corrected chi connectivity index (χ1v) is 14.9. The number of fused-ring (bicyclic) bond motifs is 1. The Labute approximate surface area is 230 Å². The van der Waals surface area contributed by atoms with Crippen molar-refractivity contribution in [2.45, 2.75) is 63.7 Å². The van der Waals surface area contributed by atoms with Crippen molar-refractivity contribution in [2.24, 2.45) is 0 Å². The third kappa shape index (κ3) is 6.28. The van der Waals surface area contributed by atoms with Crippen LogP contribution in [-0.2, 0) is 21.2 Å². The second kappa shape index (κ2) is 12.4. The summed E-state index contributed by atoms with van der Waals surface area (Å²) in [6, 6.07) is 20.3. The number of rotatable bonds is 12. The van der Waals surface area contributed by atoms with Crippen LogP contribution >= 0.6 is 0 Å². The van der Waals surface area contributed by atoms with Gasteiger partial charge in [-0.05, 0) is 74.6 Å². The fourth-order valence-electron chi connectivity index (χ4n) is 4.68. The number of amides is 3. The van der Waals surface area contributed by atoms with E-state index < -0.39 is 15.9 Å². The SMILES string of the molecule is CCCCc1ccc(N(C(=O)CCCCCN2C(=O)c3ccccc3C2=O)S(=O)(=O)c2ccc(C)cc2)cc1. The van der Waals surface area contributed by atoms with Crippen molar-refractivity contribution >= 4 is 33.4 Å². The average molecular weight is 547 g/mol. The maximum atomic E-state index is 13.6. The molecule has 0 atom stereocenters. The summed E-state index contributed by atoms with van der Waals surface area (Å²) >= 11 is 0. The number of hydrogen-bond acceptors (Lipinski definition) is 5. The van der Waals surface area contributed by atoms with Crippen molar-refractivity contribution < 1.29 is 22.8 Å². The van der Waals surface area contributed by atoms with Crippen molar-refractivity contribution in [3.8, 4) is 0 Å². The quantitative estimate of drug-likeness (QED) is 0.208. The molecule has 1 aliphatic rings. The Balaban J connectivity index is 1.42. The highest BCUT2D eigenvalue weighted by Crippen LogP contribution is 2.27. The highest BCUT2D eigenvalue weighted by Gasteiger charge is 2.34. The van der Waals surface area contributed by atoms with E-state index in [0.717, 1.165) is 34.7 Å². The molecule has 0 saturated heterocycles. The molecule has 0 fully saturated rings. The molecule has 4 rings (SSSR count). The molecule has 1 aliphatic heterocycles. The van der Waals surface area contributed by atoms with Crippen LogP contribution in [0, 0.1) is 6.92 Å². The first-order valence-electron chi connectivity index (χ1n) is 13.4. The number of unbranched alkanes of at least 4 members (excludes halogenated alkanes) is 3. The van der Waals surface area contributed by atoms with Gasteiger partial charge in [-0.25, -0.2) is 12.7 Å². The zero-order chi connectivity index (χ0) is 28.0. The van der Waals surface area contributed by atoms with Gasteiger partial charge in [-0.1, -0.05) is 61.7 Å². The minimum atomic E-state index is -4.11. The van der Waals surface area contributed by atoms with Gasteiger partial charge in [0.15, 0.2) is 0 Å². The molecular formula is C31H34N2O5S. The maximum Gasteiger partial charge on any atom is 0.270 e. The number of sulfonamides is 1. The Morgan fingerprint density at radius 2 is 1.41 bits per heavy atom. The summed E-state index contributed by atoms with van der Waals surface area (Å²) in [4.78, 5) is 39.8. The van der Waals surface area contributed by atoms with E-state index in [0.29, 0.717) is 36.1 Å². The first-order chi connectivity index (χ1) is 18.7. The van der Waals surface area contributed by atoms with E-state index in [4.69, 9.17) is 0 Å². The number of aryl methyl sites for hydroxylation is 2. The Bertz CT molecular complexity index is 1410. The smallest absolute Gasteiger partial charge is 0.270 e. The predicted molar refractivity (Wildman–Crippen MR) is 151 cm³/mol. The van der Waals surface area contributed by atoms with Gasteiger partial charge in [0.05, 0.1) is 21.7 Å². The van der Waals surface area contributed by atoms with Crippen molar-refractivity contribution in [1.29, 1.82) is 0 Å². The van der Waals surface area contributed by atoms with Crippen molar-refractivity contribution in [3.63, 3.8) is 0 Å². The molecule has 0 aliphatic carbocycles. The van der Waals surface area contributed by atoms with E-state index >= 15 is 0 Å². The van der Waals surface area contributed by atoms with Crippen LogP contribution in [-0.4, -0.2) is 37.6 Å². The summed E-state index contributed by atoms with van der Waals surface area (Å²) in [7, 11) is -4.11. The lowest BCUT2D eigenvalue weighted by Crippen LogP contribution is -2.37. The molecular weight excluding hydrogens is 512 g/mol. The Hall–Kier alpha value is -3.78. The number of hydrogen-bond donors (Lipinski definition) is 0. The molecule has 7 nitrogen and oxygen atoms in total. The zero-order valence-electron chi connectivity index (χ0n) is 22.4. The summed E-state index contributed by atoms with van der Waals surface area (Å²) < 4.78 is 28.1. The lowest BCUT2D eigenvalue weighted by Gasteiger charge is -2.23. The average Bonchev–Trinajstić information content (AvgIpc) is 3.17. The molecule has 3 aromatic carbocycles. The van der Waals surface area contributed by atoms with E-state index in [2.05, 4.69) is 6.92 Å². The minimum absolute atomic E-state index is 0.0186. The maximum absolute atomic E-state index is 13.6. The number of benzene rings is 3. The monoisotopic (exact) mass is 546 g/mol. The predicted octanol–water partition coefficient (Wildman–Crippen LogP) is 5.92. The number of anilines is 1. The fourth-order valence-corrected chi connectivity index (χ4v) is 6.13. The van der Waals surface area contributed by atoms with Crippen LogP contribution in [0.1, 0.15) is 77.3 Å². The standard InChI is InChI=1S/C31H34N2O5S/c1-3-4-10-24-16-18-25(19-17-24)33(39(37,38)26-20-14-23(2)15-21-26)29(34)13-6-5-9-22-32-30(35)27-11-7-8-12-28(27)31(32)36/h7-8,11-12,14-21H,3-6,9-10,13,22H2,1-2H3. The molecule has 3 aromatic rings. The number of imide groups is 1. The van der Waals surface area contributed by atoms with E-state index in [1.807, 2.05) is 19.1 Å². The van der Waals surface area contributed by atoms with Crippen LogP contribution in [0.4, 0.5) is 5.69 Å². The fraction of sp³-hybridized carbons (Fsp3) is 0.323. The lowest BCUT2D eigenvalue weighted by molar-refractivity contribution is -0.117. The zero-order valence-corrected chi connectivity index (χ0v) is 23.2. The minimum Gasteiger partial charge on any atom is -0.274 e. The van der Waals surface area contributed by atoms with Gasteiger partial charge in [0, 0.05) is 13.0 Å². The third-order valence-electron chi connectivity index (χ3n) is 6.93. The molecule has 0 bridgehead atoms. The van der Waals surface area contributed by atoms with Crippen LogP contribution in [0.2, 0.25) is 0 Å². The Morgan fingerprint density at radius 1 is 0.795 bits per heavy atom. The van der Waals surface area contributed by atoms with E-state index in [1.54, 1.807) is 48.5 Å². The third-order valence-corrected chi connectivity index (χ3v) is 8.69.